The number of rotatable bonds is 4. The molecule has 0 radical (unpaired) electrons. The summed E-state index contributed by atoms with van der Waals surface area (Å²) in [4.78, 5) is 12.2. The van der Waals surface area contributed by atoms with Gasteiger partial charge in [0.15, 0.2) is 0 Å². The molecule has 3 N–H and O–H groups in total. The number of amides is 2. The highest BCUT2D eigenvalue weighted by atomic mass is 35.5. The van der Waals surface area contributed by atoms with Crippen LogP contribution in [0.3, 0.4) is 0 Å². The molecule has 0 bridgehead atoms. The van der Waals surface area contributed by atoms with Gasteiger partial charge in [0.25, 0.3) is 0 Å². The van der Waals surface area contributed by atoms with Crippen LogP contribution in [0.4, 0.5) is 16.2 Å². The fourth-order valence-electron chi connectivity index (χ4n) is 2.82. The second kappa shape index (κ2) is 7.45. The van der Waals surface area contributed by atoms with Crippen molar-refractivity contribution in [3.63, 3.8) is 0 Å². The summed E-state index contributed by atoms with van der Waals surface area (Å²) in [5, 5.41) is 9.50. The molecule has 0 aliphatic carbocycles. The Labute approximate surface area is 146 Å². The average molecular weight is 346 g/mol. The van der Waals surface area contributed by atoms with E-state index in [0.29, 0.717) is 23.0 Å². The largest absolute Gasteiger partial charge is 0.497 e. The highest BCUT2D eigenvalue weighted by Gasteiger charge is 2.13. The maximum absolute atomic E-state index is 12.2. The van der Waals surface area contributed by atoms with Gasteiger partial charge in [-0.15, -0.1) is 0 Å². The van der Waals surface area contributed by atoms with Crippen LogP contribution in [0.25, 0.3) is 0 Å². The minimum atomic E-state index is -0.300. The van der Waals surface area contributed by atoms with Crippen LogP contribution in [-0.4, -0.2) is 19.7 Å². The number of urea groups is 1. The van der Waals surface area contributed by atoms with Gasteiger partial charge in [0.1, 0.15) is 5.75 Å². The second-order valence-corrected chi connectivity index (χ2v) is 6.03. The van der Waals surface area contributed by atoms with Crippen LogP contribution in [0.5, 0.6) is 5.75 Å². The molecule has 0 atom stereocenters. The first-order chi connectivity index (χ1) is 11.7. The minimum Gasteiger partial charge on any atom is -0.497 e. The first-order valence-electron chi connectivity index (χ1n) is 7.90. The van der Waals surface area contributed by atoms with E-state index in [0.717, 1.165) is 30.6 Å². The van der Waals surface area contributed by atoms with Crippen LogP contribution >= 0.6 is 11.6 Å². The Hall–Kier alpha value is -2.40. The third kappa shape index (κ3) is 3.74. The lowest BCUT2D eigenvalue weighted by molar-refractivity contribution is 0.251. The van der Waals surface area contributed by atoms with Gasteiger partial charge in [-0.2, -0.15) is 0 Å². The highest BCUT2D eigenvalue weighted by Crippen LogP contribution is 2.27. The van der Waals surface area contributed by atoms with E-state index in [1.807, 2.05) is 12.1 Å². The molecule has 2 amide bonds. The van der Waals surface area contributed by atoms with Crippen LogP contribution in [0, 0.1) is 0 Å². The molecule has 126 valence electrons. The molecule has 6 heteroatoms. The smallest absolute Gasteiger partial charge is 0.319 e. The highest BCUT2D eigenvalue weighted by molar-refractivity contribution is 6.33. The Kier molecular flexibility index (Phi) is 5.11. The molecule has 0 aromatic heterocycles. The zero-order valence-electron chi connectivity index (χ0n) is 13.5. The molecule has 0 spiro atoms. The Balaban J connectivity index is 1.64. The molecular formula is C18H20ClN3O2. The van der Waals surface area contributed by atoms with Gasteiger partial charge in [-0.05, 0) is 42.2 Å². The van der Waals surface area contributed by atoms with E-state index < -0.39 is 0 Å². The van der Waals surface area contributed by atoms with Gasteiger partial charge in [0, 0.05) is 24.8 Å². The number of benzene rings is 2. The average Bonchev–Trinajstić information content (AvgIpc) is 2.61. The van der Waals surface area contributed by atoms with Crippen LogP contribution < -0.4 is 20.7 Å². The lowest BCUT2D eigenvalue weighted by Crippen LogP contribution is -2.29. The first kappa shape index (κ1) is 16.5. The number of carbonyl (C=O) groups is 1. The second-order valence-electron chi connectivity index (χ2n) is 5.63. The number of halogens is 1. The summed E-state index contributed by atoms with van der Waals surface area (Å²) in [7, 11) is 1.57. The predicted molar refractivity (Wildman–Crippen MR) is 97.1 cm³/mol. The third-order valence-electron chi connectivity index (χ3n) is 4.05. The van der Waals surface area contributed by atoms with Crippen molar-refractivity contribution >= 4 is 29.0 Å². The normalized spacial score (nSPS) is 12.8. The fourth-order valence-corrected chi connectivity index (χ4v) is 2.98. The molecule has 0 saturated carbocycles. The number of ether oxygens (including phenoxy) is 1. The van der Waals surface area contributed by atoms with E-state index in [4.69, 9.17) is 16.3 Å². The number of carbonyl (C=O) groups excluding carboxylic acids is 1. The van der Waals surface area contributed by atoms with Crippen molar-refractivity contribution in [1.29, 1.82) is 0 Å². The van der Waals surface area contributed by atoms with Gasteiger partial charge in [0.2, 0.25) is 0 Å². The van der Waals surface area contributed by atoms with Gasteiger partial charge in [-0.3, -0.25) is 0 Å². The lowest BCUT2D eigenvalue weighted by atomic mass is 9.97. The van der Waals surface area contributed by atoms with Crippen molar-refractivity contribution in [2.24, 2.45) is 0 Å². The van der Waals surface area contributed by atoms with Crippen LogP contribution in [0.1, 0.15) is 17.5 Å². The molecule has 2 aromatic carbocycles. The number of fused-ring (bicyclic) bond motifs is 1. The quantitative estimate of drug-likeness (QED) is 0.784. The Morgan fingerprint density at radius 3 is 3.04 bits per heavy atom. The zero-order chi connectivity index (χ0) is 16.9. The number of anilines is 2. The zero-order valence-corrected chi connectivity index (χ0v) is 14.2. The van der Waals surface area contributed by atoms with E-state index in [1.165, 1.54) is 5.56 Å². The molecule has 3 rings (SSSR count). The topological polar surface area (TPSA) is 62.4 Å². The summed E-state index contributed by atoms with van der Waals surface area (Å²) in [5.74, 6) is 0.637. The molecule has 24 heavy (non-hydrogen) atoms. The molecule has 0 unspecified atom stereocenters. The number of hydrogen-bond donors (Lipinski definition) is 3. The Morgan fingerprint density at radius 1 is 1.33 bits per heavy atom. The summed E-state index contributed by atoms with van der Waals surface area (Å²) in [6.45, 7) is 1.47. The van der Waals surface area contributed by atoms with Crippen molar-refractivity contribution in [2.45, 2.75) is 19.4 Å². The van der Waals surface area contributed by atoms with Crippen LogP contribution in [-0.2, 0) is 13.0 Å². The minimum absolute atomic E-state index is 0.300. The molecule has 1 heterocycles. The van der Waals surface area contributed by atoms with Gasteiger partial charge >= 0.3 is 6.03 Å². The summed E-state index contributed by atoms with van der Waals surface area (Å²) in [5.41, 5.74) is 4.09. The Bertz CT molecular complexity index is 749. The van der Waals surface area contributed by atoms with Crippen LogP contribution in [0.2, 0.25) is 5.02 Å². The van der Waals surface area contributed by atoms with Gasteiger partial charge in [-0.1, -0.05) is 23.7 Å². The number of hydrogen-bond acceptors (Lipinski definition) is 3. The van der Waals surface area contributed by atoms with Crippen molar-refractivity contribution in [1.82, 2.24) is 5.32 Å². The van der Waals surface area contributed by atoms with Gasteiger partial charge in [-0.25, -0.2) is 4.79 Å². The third-order valence-corrected chi connectivity index (χ3v) is 4.38. The summed E-state index contributed by atoms with van der Waals surface area (Å²) < 4.78 is 5.15. The number of nitrogens with one attached hydrogen (secondary N) is 3. The maximum atomic E-state index is 12.2. The molecule has 1 aliphatic rings. The molecule has 1 aliphatic heterocycles. The summed E-state index contributed by atoms with van der Waals surface area (Å²) >= 11 is 6.10. The number of methoxy groups -OCH3 is 1. The van der Waals surface area contributed by atoms with Crippen LogP contribution in [0.15, 0.2) is 36.4 Å². The fraction of sp³-hybridized carbons (Fsp3) is 0.278. The summed E-state index contributed by atoms with van der Waals surface area (Å²) in [6, 6.07) is 11.0. The van der Waals surface area contributed by atoms with E-state index in [-0.39, 0.29) is 6.03 Å². The molecule has 0 fully saturated rings. The standard InChI is InChI=1S/C18H20ClN3O2/c1-24-13-7-8-15(19)17(10-13)22-18(23)21-11-12-4-2-6-16-14(12)5-3-9-20-16/h2,4,6-8,10,20H,3,5,9,11H2,1H3,(H2,21,22,23). The summed E-state index contributed by atoms with van der Waals surface area (Å²) in [6.07, 6.45) is 2.14. The van der Waals surface area contributed by atoms with E-state index in [9.17, 15) is 4.79 Å². The van der Waals surface area contributed by atoms with Crippen molar-refractivity contribution in [3.8, 4) is 5.75 Å². The predicted octanol–water partition coefficient (Wildman–Crippen LogP) is 4.03. The van der Waals surface area contributed by atoms with Gasteiger partial charge < -0.3 is 20.7 Å². The van der Waals surface area contributed by atoms with Gasteiger partial charge in [0.05, 0.1) is 17.8 Å². The molecule has 5 nitrogen and oxygen atoms in total. The molecule has 0 saturated heterocycles. The van der Waals surface area contributed by atoms with Crippen molar-refractivity contribution in [3.05, 3.63) is 52.5 Å². The van der Waals surface area contributed by atoms with Crippen molar-refractivity contribution < 1.29 is 9.53 Å². The van der Waals surface area contributed by atoms with E-state index in [1.54, 1.807) is 25.3 Å². The molecular weight excluding hydrogens is 326 g/mol. The van der Waals surface area contributed by atoms with Crippen molar-refractivity contribution in [2.75, 3.05) is 24.3 Å². The van der Waals surface area contributed by atoms with E-state index >= 15 is 0 Å². The lowest BCUT2D eigenvalue weighted by Gasteiger charge is -2.21. The Morgan fingerprint density at radius 2 is 2.21 bits per heavy atom. The first-order valence-corrected chi connectivity index (χ1v) is 8.28. The SMILES string of the molecule is COc1ccc(Cl)c(NC(=O)NCc2cccc3c2CCCN3)c1. The molecule has 2 aromatic rings. The van der Waals surface area contributed by atoms with E-state index in [2.05, 4.69) is 22.0 Å². The maximum Gasteiger partial charge on any atom is 0.319 e. The monoisotopic (exact) mass is 345 g/mol.